The minimum atomic E-state index is -0.170. The molecule has 0 saturated carbocycles. The molecule has 1 aliphatic rings. The highest BCUT2D eigenvalue weighted by molar-refractivity contribution is 6.33. The number of nitrogens with zero attached hydrogens (tertiary/aromatic N) is 1. The van der Waals surface area contributed by atoms with Crippen LogP contribution in [0.25, 0.3) is 0 Å². The van der Waals surface area contributed by atoms with Gasteiger partial charge in [-0.3, -0.25) is 4.79 Å². The molecule has 0 aromatic heterocycles. The van der Waals surface area contributed by atoms with Crippen LogP contribution in [0.2, 0.25) is 5.02 Å². The molecule has 2 aromatic rings. The van der Waals surface area contributed by atoms with Gasteiger partial charge in [-0.15, -0.1) is 0 Å². The molecular weight excluding hydrogens is 372 g/mol. The first-order valence-corrected chi connectivity index (χ1v) is 10.5. The first-order valence-electron chi connectivity index (χ1n) is 10.2. The maximum Gasteiger partial charge on any atom is 0.255 e. The minimum Gasteiger partial charge on any atom is -0.494 e. The molecule has 0 atom stereocenters. The third-order valence-corrected chi connectivity index (χ3v) is 5.50. The largest absolute Gasteiger partial charge is 0.494 e. The summed E-state index contributed by atoms with van der Waals surface area (Å²) in [6, 6.07) is 13.0. The van der Waals surface area contributed by atoms with E-state index in [1.165, 1.54) is 12.8 Å². The van der Waals surface area contributed by atoms with Gasteiger partial charge in [0.05, 0.1) is 17.3 Å². The summed E-state index contributed by atoms with van der Waals surface area (Å²) in [7, 11) is 0. The number of anilines is 2. The second kappa shape index (κ2) is 9.83. The molecule has 1 heterocycles. The first-order chi connectivity index (χ1) is 13.6. The van der Waals surface area contributed by atoms with E-state index < -0.39 is 0 Å². The van der Waals surface area contributed by atoms with Crippen LogP contribution < -0.4 is 15.0 Å². The van der Waals surface area contributed by atoms with Crippen LogP contribution in [0.15, 0.2) is 42.5 Å². The second-order valence-electron chi connectivity index (χ2n) is 7.52. The van der Waals surface area contributed by atoms with Crippen molar-refractivity contribution in [2.24, 2.45) is 5.92 Å². The monoisotopic (exact) mass is 400 g/mol. The smallest absolute Gasteiger partial charge is 0.255 e. The molecule has 1 aliphatic heterocycles. The quantitative estimate of drug-likeness (QED) is 0.579. The fourth-order valence-electron chi connectivity index (χ4n) is 3.36. The molecule has 28 heavy (non-hydrogen) atoms. The van der Waals surface area contributed by atoms with Crippen LogP contribution in [0.1, 0.15) is 49.9 Å². The van der Waals surface area contributed by atoms with Gasteiger partial charge in [0.15, 0.2) is 0 Å². The Bertz CT molecular complexity index is 801. The Balaban J connectivity index is 1.64. The molecule has 0 radical (unpaired) electrons. The normalized spacial score (nSPS) is 14.8. The van der Waals surface area contributed by atoms with Crippen molar-refractivity contribution in [2.45, 2.75) is 39.5 Å². The third kappa shape index (κ3) is 5.41. The summed E-state index contributed by atoms with van der Waals surface area (Å²) in [6.07, 6.45) is 4.45. The number of amides is 1. The molecule has 0 spiro atoms. The summed E-state index contributed by atoms with van der Waals surface area (Å²) >= 11 is 6.51. The topological polar surface area (TPSA) is 41.6 Å². The lowest BCUT2D eigenvalue weighted by atomic mass is 9.99. The molecule has 5 heteroatoms. The highest BCUT2D eigenvalue weighted by atomic mass is 35.5. The van der Waals surface area contributed by atoms with E-state index in [0.29, 0.717) is 28.6 Å². The Labute approximate surface area is 172 Å². The zero-order valence-electron chi connectivity index (χ0n) is 16.7. The van der Waals surface area contributed by atoms with Gasteiger partial charge in [-0.2, -0.15) is 0 Å². The number of hydrogen-bond acceptors (Lipinski definition) is 3. The van der Waals surface area contributed by atoms with Crippen molar-refractivity contribution < 1.29 is 9.53 Å². The molecule has 0 unspecified atom stereocenters. The van der Waals surface area contributed by atoms with E-state index in [2.05, 4.69) is 24.1 Å². The zero-order chi connectivity index (χ0) is 19.9. The third-order valence-electron chi connectivity index (χ3n) is 5.19. The standard InChI is InChI=1S/C23H29ClN2O2/c1-3-4-14-28-20-7-5-6-18(15-20)23(27)25-19-8-9-22(21(24)16-19)26-12-10-17(2)11-13-26/h5-9,15-17H,3-4,10-14H2,1-2H3,(H,25,27). The van der Waals surface area contributed by atoms with Crippen LogP contribution in [-0.4, -0.2) is 25.6 Å². The van der Waals surface area contributed by atoms with Gasteiger partial charge < -0.3 is 15.0 Å². The summed E-state index contributed by atoms with van der Waals surface area (Å²) in [5, 5.41) is 3.60. The van der Waals surface area contributed by atoms with Crippen molar-refractivity contribution in [3.8, 4) is 5.75 Å². The van der Waals surface area contributed by atoms with Crippen molar-refractivity contribution in [1.29, 1.82) is 0 Å². The number of rotatable bonds is 7. The van der Waals surface area contributed by atoms with Crippen LogP contribution in [0.4, 0.5) is 11.4 Å². The van der Waals surface area contributed by atoms with E-state index >= 15 is 0 Å². The molecule has 0 aliphatic carbocycles. The average molecular weight is 401 g/mol. The molecular formula is C23H29ClN2O2. The zero-order valence-corrected chi connectivity index (χ0v) is 17.5. The first kappa shape index (κ1) is 20.5. The molecule has 4 nitrogen and oxygen atoms in total. The van der Waals surface area contributed by atoms with Gasteiger partial charge >= 0.3 is 0 Å². The Kier molecular flexibility index (Phi) is 7.21. The maximum atomic E-state index is 12.6. The lowest BCUT2D eigenvalue weighted by Gasteiger charge is -2.32. The lowest BCUT2D eigenvalue weighted by molar-refractivity contribution is 0.102. The number of carbonyl (C=O) groups is 1. The highest BCUT2D eigenvalue weighted by Crippen LogP contribution is 2.32. The van der Waals surface area contributed by atoms with Crippen molar-refractivity contribution in [3.05, 3.63) is 53.1 Å². The van der Waals surface area contributed by atoms with Gasteiger partial charge in [-0.1, -0.05) is 37.9 Å². The van der Waals surface area contributed by atoms with E-state index in [-0.39, 0.29) is 5.91 Å². The fourth-order valence-corrected chi connectivity index (χ4v) is 3.66. The van der Waals surface area contributed by atoms with E-state index in [1.54, 1.807) is 12.1 Å². The van der Waals surface area contributed by atoms with Crippen LogP contribution in [-0.2, 0) is 0 Å². The molecule has 0 bridgehead atoms. The average Bonchev–Trinajstić information content (AvgIpc) is 2.69. The van der Waals surface area contributed by atoms with Gasteiger partial charge in [0.25, 0.3) is 5.91 Å². The molecule has 1 amide bonds. The van der Waals surface area contributed by atoms with Crippen molar-refractivity contribution in [3.63, 3.8) is 0 Å². The van der Waals surface area contributed by atoms with Crippen LogP contribution in [0, 0.1) is 5.92 Å². The lowest BCUT2D eigenvalue weighted by Crippen LogP contribution is -2.32. The number of benzene rings is 2. The Morgan fingerprint density at radius 3 is 2.71 bits per heavy atom. The fraction of sp³-hybridized carbons (Fsp3) is 0.435. The van der Waals surface area contributed by atoms with Gasteiger partial charge in [0.1, 0.15) is 5.75 Å². The van der Waals surface area contributed by atoms with Crippen molar-refractivity contribution >= 4 is 28.9 Å². The molecule has 3 rings (SSSR count). The molecule has 2 aromatic carbocycles. The number of ether oxygens (including phenoxy) is 1. The van der Waals surface area contributed by atoms with Crippen LogP contribution in [0.3, 0.4) is 0 Å². The van der Waals surface area contributed by atoms with E-state index in [0.717, 1.165) is 37.5 Å². The number of halogens is 1. The Morgan fingerprint density at radius 1 is 1.21 bits per heavy atom. The summed E-state index contributed by atoms with van der Waals surface area (Å²) in [5.41, 5.74) is 2.30. The number of hydrogen-bond donors (Lipinski definition) is 1. The van der Waals surface area contributed by atoms with Crippen LogP contribution >= 0.6 is 11.6 Å². The number of carbonyl (C=O) groups excluding carboxylic acids is 1. The molecule has 1 N–H and O–H groups in total. The second-order valence-corrected chi connectivity index (χ2v) is 7.93. The van der Waals surface area contributed by atoms with Gasteiger partial charge in [0.2, 0.25) is 0 Å². The predicted octanol–water partition coefficient (Wildman–Crippen LogP) is 6.01. The number of unbranched alkanes of at least 4 members (excludes halogenated alkanes) is 1. The van der Waals surface area contributed by atoms with Crippen LogP contribution in [0.5, 0.6) is 5.75 Å². The van der Waals surface area contributed by atoms with E-state index in [4.69, 9.17) is 16.3 Å². The Hall–Kier alpha value is -2.20. The summed E-state index contributed by atoms with van der Waals surface area (Å²) in [6.45, 7) is 7.12. The molecule has 150 valence electrons. The molecule has 1 saturated heterocycles. The summed E-state index contributed by atoms with van der Waals surface area (Å²) in [5.74, 6) is 1.32. The molecule has 1 fully saturated rings. The van der Waals surface area contributed by atoms with Gasteiger partial charge in [-0.25, -0.2) is 0 Å². The van der Waals surface area contributed by atoms with E-state index in [1.807, 2.05) is 30.3 Å². The number of nitrogens with one attached hydrogen (secondary N) is 1. The Morgan fingerprint density at radius 2 is 2.00 bits per heavy atom. The predicted molar refractivity (Wildman–Crippen MR) is 117 cm³/mol. The minimum absolute atomic E-state index is 0.170. The van der Waals surface area contributed by atoms with E-state index in [9.17, 15) is 4.79 Å². The SMILES string of the molecule is CCCCOc1cccc(C(=O)Nc2ccc(N3CCC(C)CC3)c(Cl)c2)c1. The summed E-state index contributed by atoms with van der Waals surface area (Å²) in [4.78, 5) is 14.9. The highest BCUT2D eigenvalue weighted by Gasteiger charge is 2.18. The maximum absolute atomic E-state index is 12.6. The van der Waals surface area contributed by atoms with Gasteiger partial charge in [0, 0.05) is 24.3 Å². The van der Waals surface area contributed by atoms with Gasteiger partial charge in [-0.05, 0) is 61.6 Å². The number of piperidine rings is 1. The van der Waals surface area contributed by atoms with Crippen molar-refractivity contribution in [1.82, 2.24) is 0 Å². The summed E-state index contributed by atoms with van der Waals surface area (Å²) < 4.78 is 5.69. The van der Waals surface area contributed by atoms with Crippen molar-refractivity contribution in [2.75, 3.05) is 29.9 Å².